The number of nitrogens with zero attached hydrogens (tertiary/aromatic N) is 1. The van der Waals surface area contributed by atoms with Gasteiger partial charge in [0.15, 0.2) is 0 Å². The number of carboxylic acid groups (broad SMARTS) is 1. The zero-order chi connectivity index (χ0) is 19.8. The molecule has 6 heteroatoms. The van der Waals surface area contributed by atoms with E-state index in [0.717, 1.165) is 16.2 Å². The van der Waals surface area contributed by atoms with E-state index < -0.39 is 17.8 Å². The van der Waals surface area contributed by atoms with E-state index in [1.165, 1.54) is 18.2 Å². The Labute approximate surface area is 160 Å². The standard InChI is InChI=1S/C22H15NO5/c1-13-4-2-3-5-19(13)28-16-9-7-15(8-10-16)23-20(24)17-11-6-14(22(26)27)12-18(17)21(23)25/h2-12H,1H3,(H,26,27). The predicted molar refractivity (Wildman–Crippen MR) is 102 cm³/mol. The number of carboxylic acids is 1. The maximum Gasteiger partial charge on any atom is 0.335 e. The molecule has 28 heavy (non-hydrogen) atoms. The van der Waals surface area contributed by atoms with Gasteiger partial charge in [0.2, 0.25) is 0 Å². The van der Waals surface area contributed by atoms with Crippen molar-refractivity contribution < 1.29 is 24.2 Å². The third kappa shape index (κ3) is 2.91. The van der Waals surface area contributed by atoms with Gasteiger partial charge in [-0.05, 0) is 61.0 Å². The molecule has 6 nitrogen and oxygen atoms in total. The quantitative estimate of drug-likeness (QED) is 0.690. The molecule has 0 atom stereocenters. The minimum Gasteiger partial charge on any atom is -0.478 e. The molecule has 0 saturated heterocycles. The van der Waals surface area contributed by atoms with E-state index in [1.54, 1.807) is 24.3 Å². The van der Waals surface area contributed by atoms with Gasteiger partial charge in [0.1, 0.15) is 11.5 Å². The van der Waals surface area contributed by atoms with Crippen LogP contribution >= 0.6 is 0 Å². The molecule has 1 aliphatic rings. The molecule has 0 saturated carbocycles. The number of fused-ring (bicyclic) bond motifs is 1. The first-order chi connectivity index (χ1) is 13.5. The largest absolute Gasteiger partial charge is 0.478 e. The van der Waals surface area contributed by atoms with E-state index in [4.69, 9.17) is 9.84 Å². The van der Waals surface area contributed by atoms with Crippen molar-refractivity contribution in [1.82, 2.24) is 0 Å². The average molecular weight is 373 g/mol. The second-order valence-corrected chi connectivity index (χ2v) is 6.37. The highest BCUT2D eigenvalue weighted by Crippen LogP contribution is 2.31. The molecule has 4 rings (SSSR count). The molecule has 3 aromatic rings. The first kappa shape index (κ1) is 17.5. The minimum atomic E-state index is -1.15. The molecule has 3 aromatic carbocycles. The van der Waals surface area contributed by atoms with Crippen LogP contribution in [0.25, 0.3) is 0 Å². The molecular weight excluding hydrogens is 358 g/mol. The summed E-state index contributed by atoms with van der Waals surface area (Å²) in [5, 5.41) is 9.10. The van der Waals surface area contributed by atoms with Crippen molar-refractivity contribution in [3.63, 3.8) is 0 Å². The van der Waals surface area contributed by atoms with Crippen LogP contribution in [0.4, 0.5) is 5.69 Å². The normalized spacial score (nSPS) is 12.8. The molecule has 0 unspecified atom stereocenters. The Hall–Kier alpha value is -3.93. The van der Waals surface area contributed by atoms with Crippen molar-refractivity contribution in [1.29, 1.82) is 0 Å². The summed E-state index contributed by atoms with van der Waals surface area (Å²) in [6, 6.07) is 18.1. The summed E-state index contributed by atoms with van der Waals surface area (Å²) in [5.74, 6) is -0.889. The lowest BCUT2D eigenvalue weighted by Crippen LogP contribution is -2.29. The number of hydrogen-bond donors (Lipinski definition) is 1. The van der Waals surface area contributed by atoms with Crippen molar-refractivity contribution in [2.75, 3.05) is 4.90 Å². The number of carbonyl (C=O) groups excluding carboxylic acids is 2. The van der Waals surface area contributed by atoms with E-state index in [2.05, 4.69) is 0 Å². The van der Waals surface area contributed by atoms with Crippen LogP contribution in [0, 0.1) is 6.92 Å². The number of ether oxygens (including phenoxy) is 1. The summed E-state index contributed by atoms with van der Waals surface area (Å²) in [4.78, 5) is 37.5. The molecule has 0 aromatic heterocycles. The summed E-state index contributed by atoms with van der Waals surface area (Å²) in [6.07, 6.45) is 0. The fourth-order valence-corrected chi connectivity index (χ4v) is 3.07. The van der Waals surface area contributed by atoms with E-state index >= 15 is 0 Å². The number of carbonyl (C=O) groups is 3. The average Bonchev–Trinajstić information content (AvgIpc) is 2.94. The van der Waals surface area contributed by atoms with Gasteiger partial charge in [-0.15, -0.1) is 0 Å². The number of imide groups is 1. The fourth-order valence-electron chi connectivity index (χ4n) is 3.07. The SMILES string of the molecule is Cc1ccccc1Oc1ccc(N2C(=O)c3ccc(C(=O)O)cc3C2=O)cc1. The summed E-state index contributed by atoms with van der Waals surface area (Å²) < 4.78 is 5.83. The second-order valence-electron chi connectivity index (χ2n) is 6.37. The Morgan fingerprint density at radius 3 is 2.25 bits per heavy atom. The zero-order valence-corrected chi connectivity index (χ0v) is 14.9. The van der Waals surface area contributed by atoms with Gasteiger partial charge in [-0.1, -0.05) is 18.2 Å². The molecule has 138 valence electrons. The van der Waals surface area contributed by atoms with Crippen LogP contribution in [0.15, 0.2) is 66.7 Å². The minimum absolute atomic E-state index is 0.0382. The van der Waals surface area contributed by atoms with Crippen LogP contribution in [0.5, 0.6) is 11.5 Å². The Kier molecular flexibility index (Phi) is 4.16. The third-order valence-electron chi connectivity index (χ3n) is 4.55. The maximum absolute atomic E-state index is 12.7. The van der Waals surface area contributed by atoms with Gasteiger partial charge in [0.25, 0.3) is 11.8 Å². The summed E-state index contributed by atoms with van der Waals surface area (Å²) in [5.41, 5.74) is 1.62. The number of anilines is 1. The topological polar surface area (TPSA) is 83.9 Å². The van der Waals surface area contributed by atoms with Crippen LogP contribution in [-0.4, -0.2) is 22.9 Å². The van der Waals surface area contributed by atoms with Crippen LogP contribution in [0.3, 0.4) is 0 Å². The highest BCUT2D eigenvalue weighted by Gasteiger charge is 2.37. The second kappa shape index (κ2) is 6.66. The van der Waals surface area contributed by atoms with E-state index in [9.17, 15) is 14.4 Å². The van der Waals surface area contributed by atoms with Gasteiger partial charge in [-0.25, -0.2) is 9.69 Å². The highest BCUT2D eigenvalue weighted by atomic mass is 16.5. The highest BCUT2D eigenvalue weighted by molar-refractivity contribution is 6.34. The van der Waals surface area contributed by atoms with Crippen molar-refractivity contribution in [3.05, 3.63) is 89.0 Å². The molecule has 1 N–H and O–H groups in total. The van der Waals surface area contributed by atoms with Gasteiger partial charge in [-0.2, -0.15) is 0 Å². The Balaban J connectivity index is 1.61. The molecule has 1 aliphatic heterocycles. The van der Waals surface area contributed by atoms with E-state index in [1.807, 2.05) is 31.2 Å². The van der Waals surface area contributed by atoms with Crippen LogP contribution in [-0.2, 0) is 0 Å². The number of para-hydroxylation sites is 1. The fraction of sp³-hybridized carbons (Fsp3) is 0.0455. The molecule has 0 spiro atoms. The van der Waals surface area contributed by atoms with E-state index in [0.29, 0.717) is 11.4 Å². The van der Waals surface area contributed by atoms with Crippen molar-refractivity contribution in [2.45, 2.75) is 6.92 Å². The number of rotatable bonds is 4. The molecule has 2 amide bonds. The van der Waals surface area contributed by atoms with Crippen LogP contribution < -0.4 is 9.64 Å². The lowest BCUT2D eigenvalue weighted by Gasteiger charge is -2.15. The number of aromatic carboxylic acids is 1. The lowest BCUT2D eigenvalue weighted by molar-refractivity contribution is 0.0696. The summed E-state index contributed by atoms with van der Waals surface area (Å²) in [6.45, 7) is 1.94. The van der Waals surface area contributed by atoms with Crippen molar-refractivity contribution >= 4 is 23.5 Å². The van der Waals surface area contributed by atoms with Crippen LogP contribution in [0.2, 0.25) is 0 Å². The lowest BCUT2D eigenvalue weighted by atomic mass is 10.1. The Morgan fingerprint density at radius 1 is 0.893 bits per heavy atom. The molecule has 0 fully saturated rings. The first-order valence-corrected chi connectivity index (χ1v) is 8.55. The number of benzene rings is 3. The number of aryl methyl sites for hydroxylation is 1. The zero-order valence-electron chi connectivity index (χ0n) is 14.9. The van der Waals surface area contributed by atoms with Gasteiger partial charge in [0.05, 0.1) is 22.4 Å². The number of hydrogen-bond acceptors (Lipinski definition) is 4. The summed E-state index contributed by atoms with van der Waals surface area (Å²) in [7, 11) is 0. The molecule has 0 radical (unpaired) electrons. The first-order valence-electron chi connectivity index (χ1n) is 8.55. The molecule has 0 aliphatic carbocycles. The predicted octanol–water partition coefficient (Wildman–Crippen LogP) is 4.29. The molecule has 1 heterocycles. The smallest absolute Gasteiger partial charge is 0.335 e. The third-order valence-corrected chi connectivity index (χ3v) is 4.55. The molecular formula is C22H15NO5. The van der Waals surface area contributed by atoms with Gasteiger partial charge in [0, 0.05) is 0 Å². The van der Waals surface area contributed by atoms with Crippen molar-refractivity contribution in [3.8, 4) is 11.5 Å². The summed E-state index contributed by atoms with van der Waals surface area (Å²) >= 11 is 0. The monoisotopic (exact) mass is 373 g/mol. The maximum atomic E-state index is 12.7. The van der Waals surface area contributed by atoms with Gasteiger partial charge < -0.3 is 9.84 Å². The Morgan fingerprint density at radius 2 is 1.57 bits per heavy atom. The van der Waals surface area contributed by atoms with Gasteiger partial charge in [-0.3, -0.25) is 9.59 Å². The Bertz CT molecular complexity index is 1120. The number of amides is 2. The van der Waals surface area contributed by atoms with Gasteiger partial charge >= 0.3 is 5.97 Å². The van der Waals surface area contributed by atoms with Crippen molar-refractivity contribution in [2.24, 2.45) is 0 Å². The van der Waals surface area contributed by atoms with Crippen LogP contribution in [0.1, 0.15) is 36.6 Å². The molecule has 0 bridgehead atoms. The van der Waals surface area contributed by atoms with E-state index in [-0.39, 0.29) is 16.7 Å².